The van der Waals surface area contributed by atoms with Gasteiger partial charge in [-0.15, -0.1) is 0 Å². The highest BCUT2D eigenvalue weighted by atomic mass is 16.5. The standard InChI is InChI=1S/C18H26N6O2/c1-18(2,3)16-21-14(26-22-16)6-4-7-15(25)23-10-12-24(13-11-23)17-19-8-5-9-20-17/h5,8-9H,4,6-7,10-13H2,1-3H3. The van der Waals surface area contributed by atoms with Crippen LogP contribution in [0.3, 0.4) is 0 Å². The molecule has 140 valence electrons. The highest BCUT2D eigenvalue weighted by molar-refractivity contribution is 5.76. The minimum absolute atomic E-state index is 0.125. The van der Waals surface area contributed by atoms with Crippen molar-refractivity contribution < 1.29 is 9.32 Å². The van der Waals surface area contributed by atoms with Crippen molar-refractivity contribution in [2.24, 2.45) is 0 Å². The van der Waals surface area contributed by atoms with Gasteiger partial charge in [-0.25, -0.2) is 9.97 Å². The van der Waals surface area contributed by atoms with Crippen LogP contribution in [0.4, 0.5) is 5.95 Å². The predicted octanol–water partition coefficient (Wildman–Crippen LogP) is 1.83. The Balaban J connectivity index is 1.41. The summed E-state index contributed by atoms with van der Waals surface area (Å²) < 4.78 is 5.27. The molecule has 1 fully saturated rings. The van der Waals surface area contributed by atoms with E-state index in [0.717, 1.165) is 19.0 Å². The molecule has 1 aliphatic heterocycles. The largest absolute Gasteiger partial charge is 0.339 e. The molecule has 1 aliphatic rings. The third-order valence-electron chi connectivity index (χ3n) is 4.39. The Labute approximate surface area is 153 Å². The number of amides is 1. The summed E-state index contributed by atoms with van der Waals surface area (Å²) in [5.74, 6) is 2.21. The Hall–Kier alpha value is -2.51. The quantitative estimate of drug-likeness (QED) is 0.805. The van der Waals surface area contributed by atoms with Gasteiger partial charge in [-0.05, 0) is 12.5 Å². The van der Waals surface area contributed by atoms with E-state index in [4.69, 9.17) is 4.52 Å². The summed E-state index contributed by atoms with van der Waals surface area (Å²) in [4.78, 5) is 29.4. The van der Waals surface area contributed by atoms with E-state index >= 15 is 0 Å². The molecule has 0 spiro atoms. The van der Waals surface area contributed by atoms with Crippen LogP contribution >= 0.6 is 0 Å². The third kappa shape index (κ3) is 4.56. The molecule has 0 aliphatic carbocycles. The fourth-order valence-corrected chi connectivity index (χ4v) is 2.82. The van der Waals surface area contributed by atoms with Gasteiger partial charge in [-0.1, -0.05) is 25.9 Å². The Morgan fingerprint density at radius 1 is 1.15 bits per heavy atom. The number of anilines is 1. The molecule has 0 N–H and O–H groups in total. The molecule has 2 aromatic heterocycles. The SMILES string of the molecule is CC(C)(C)c1noc(CCCC(=O)N2CCN(c3ncccn3)CC2)n1. The van der Waals surface area contributed by atoms with Gasteiger partial charge >= 0.3 is 0 Å². The van der Waals surface area contributed by atoms with Gasteiger partial charge in [0.1, 0.15) is 0 Å². The van der Waals surface area contributed by atoms with Gasteiger partial charge in [-0.3, -0.25) is 4.79 Å². The molecular weight excluding hydrogens is 332 g/mol. The normalized spacial score (nSPS) is 15.3. The molecule has 1 amide bonds. The minimum atomic E-state index is -0.125. The van der Waals surface area contributed by atoms with Crippen LogP contribution in [0.25, 0.3) is 0 Å². The van der Waals surface area contributed by atoms with Crippen molar-refractivity contribution in [1.29, 1.82) is 0 Å². The molecule has 8 nitrogen and oxygen atoms in total. The van der Waals surface area contributed by atoms with Gasteiger partial charge in [0.2, 0.25) is 17.7 Å². The number of aryl methyl sites for hydroxylation is 1. The summed E-state index contributed by atoms with van der Waals surface area (Å²) in [6, 6.07) is 1.80. The van der Waals surface area contributed by atoms with Crippen LogP contribution in [0, 0.1) is 0 Å². The Morgan fingerprint density at radius 3 is 2.46 bits per heavy atom. The summed E-state index contributed by atoms with van der Waals surface area (Å²) in [6.07, 6.45) is 5.32. The van der Waals surface area contributed by atoms with Gasteiger partial charge < -0.3 is 14.3 Å². The number of rotatable bonds is 5. The van der Waals surface area contributed by atoms with E-state index in [2.05, 4.69) is 25.0 Å². The molecule has 0 saturated carbocycles. The third-order valence-corrected chi connectivity index (χ3v) is 4.39. The molecule has 8 heteroatoms. The van der Waals surface area contributed by atoms with E-state index in [0.29, 0.717) is 44.1 Å². The highest BCUT2D eigenvalue weighted by Crippen LogP contribution is 2.19. The van der Waals surface area contributed by atoms with Crippen LogP contribution < -0.4 is 4.90 Å². The summed E-state index contributed by atoms with van der Waals surface area (Å²) in [6.45, 7) is 9.06. The fraction of sp³-hybridized carbons (Fsp3) is 0.611. The lowest BCUT2D eigenvalue weighted by molar-refractivity contribution is -0.131. The molecular formula is C18H26N6O2. The Morgan fingerprint density at radius 2 is 1.85 bits per heavy atom. The van der Waals surface area contributed by atoms with Crippen LogP contribution in [0.1, 0.15) is 45.3 Å². The van der Waals surface area contributed by atoms with E-state index in [-0.39, 0.29) is 11.3 Å². The Bertz CT molecular complexity index is 717. The van der Waals surface area contributed by atoms with Crippen molar-refractivity contribution in [3.05, 3.63) is 30.2 Å². The maximum absolute atomic E-state index is 12.4. The first-order valence-corrected chi connectivity index (χ1v) is 9.06. The van der Waals surface area contributed by atoms with E-state index in [1.807, 2.05) is 25.7 Å². The van der Waals surface area contributed by atoms with E-state index in [9.17, 15) is 4.79 Å². The molecule has 0 radical (unpaired) electrons. The molecule has 0 unspecified atom stereocenters. The molecule has 3 heterocycles. The fourth-order valence-electron chi connectivity index (χ4n) is 2.82. The molecule has 0 atom stereocenters. The molecule has 1 saturated heterocycles. The van der Waals surface area contributed by atoms with Crippen molar-refractivity contribution in [2.75, 3.05) is 31.1 Å². The predicted molar refractivity (Wildman–Crippen MR) is 96.8 cm³/mol. The molecule has 3 rings (SSSR count). The van der Waals surface area contributed by atoms with Gasteiger partial charge in [-0.2, -0.15) is 4.98 Å². The first-order valence-electron chi connectivity index (χ1n) is 9.06. The maximum Gasteiger partial charge on any atom is 0.226 e. The summed E-state index contributed by atoms with van der Waals surface area (Å²) >= 11 is 0. The van der Waals surface area contributed by atoms with E-state index in [1.54, 1.807) is 18.5 Å². The molecule has 26 heavy (non-hydrogen) atoms. The lowest BCUT2D eigenvalue weighted by Gasteiger charge is -2.34. The second kappa shape index (κ2) is 7.80. The summed E-state index contributed by atoms with van der Waals surface area (Å²) in [5.41, 5.74) is -0.125. The van der Waals surface area contributed by atoms with Crippen LogP contribution in [-0.4, -0.2) is 57.1 Å². The lowest BCUT2D eigenvalue weighted by atomic mass is 9.96. The zero-order valence-electron chi connectivity index (χ0n) is 15.7. The smallest absolute Gasteiger partial charge is 0.226 e. The lowest BCUT2D eigenvalue weighted by Crippen LogP contribution is -2.49. The maximum atomic E-state index is 12.4. The van der Waals surface area contributed by atoms with Crippen LogP contribution in [0.2, 0.25) is 0 Å². The number of hydrogen-bond donors (Lipinski definition) is 0. The van der Waals surface area contributed by atoms with Crippen LogP contribution in [0.15, 0.2) is 23.0 Å². The second-order valence-electron chi connectivity index (χ2n) is 7.53. The number of nitrogens with zero attached hydrogens (tertiary/aromatic N) is 6. The van der Waals surface area contributed by atoms with Crippen molar-refractivity contribution >= 4 is 11.9 Å². The van der Waals surface area contributed by atoms with Crippen molar-refractivity contribution in [3.63, 3.8) is 0 Å². The average Bonchev–Trinajstić information content (AvgIpc) is 3.12. The van der Waals surface area contributed by atoms with Crippen molar-refractivity contribution in [2.45, 2.75) is 45.4 Å². The van der Waals surface area contributed by atoms with Gasteiger partial charge in [0.25, 0.3) is 0 Å². The van der Waals surface area contributed by atoms with Crippen LogP contribution in [0.5, 0.6) is 0 Å². The molecule has 2 aromatic rings. The first kappa shape index (κ1) is 18.3. The van der Waals surface area contributed by atoms with Gasteiger partial charge in [0, 0.05) is 56.8 Å². The number of piperazine rings is 1. The molecule has 0 bridgehead atoms. The van der Waals surface area contributed by atoms with E-state index < -0.39 is 0 Å². The Kier molecular flexibility index (Phi) is 5.49. The average molecular weight is 358 g/mol. The molecule has 0 aromatic carbocycles. The number of hydrogen-bond acceptors (Lipinski definition) is 7. The summed E-state index contributed by atoms with van der Waals surface area (Å²) in [5, 5.41) is 4.01. The van der Waals surface area contributed by atoms with Gasteiger partial charge in [0.05, 0.1) is 0 Å². The first-order chi connectivity index (χ1) is 12.4. The second-order valence-corrected chi connectivity index (χ2v) is 7.53. The number of carbonyl (C=O) groups excluding carboxylic acids is 1. The zero-order valence-corrected chi connectivity index (χ0v) is 15.7. The monoisotopic (exact) mass is 358 g/mol. The topological polar surface area (TPSA) is 88.3 Å². The zero-order chi connectivity index (χ0) is 18.6. The van der Waals surface area contributed by atoms with Gasteiger partial charge in [0.15, 0.2) is 5.82 Å². The van der Waals surface area contributed by atoms with Crippen LogP contribution in [-0.2, 0) is 16.6 Å². The number of carbonyl (C=O) groups is 1. The summed E-state index contributed by atoms with van der Waals surface area (Å²) in [7, 11) is 0. The number of aromatic nitrogens is 4. The van der Waals surface area contributed by atoms with Crippen molar-refractivity contribution in [1.82, 2.24) is 25.0 Å². The van der Waals surface area contributed by atoms with Crippen molar-refractivity contribution in [3.8, 4) is 0 Å². The van der Waals surface area contributed by atoms with E-state index in [1.165, 1.54) is 0 Å². The minimum Gasteiger partial charge on any atom is -0.339 e. The highest BCUT2D eigenvalue weighted by Gasteiger charge is 2.23.